The van der Waals surface area contributed by atoms with Crippen LogP contribution < -0.4 is 9.64 Å². The van der Waals surface area contributed by atoms with Gasteiger partial charge in [0.2, 0.25) is 11.8 Å². The zero-order valence-corrected chi connectivity index (χ0v) is 25.5. The molecule has 0 spiro atoms. The van der Waals surface area contributed by atoms with Crippen molar-refractivity contribution in [2.75, 3.05) is 31.1 Å². The molecular weight excluding hydrogens is 581 g/mol. The van der Waals surface area contributed by atoms with E-state index in [1.807, 2.05) is 17.0 Å². The van der Waals surface area contributed by atoms with Gasteiger partial charge in [-0.25, -0.2) is 14.4 Å². The number of ether oxygens (including phenoxy) is 2. The van der Waals surface area contributed by atoms with E-state index in [0.29, 0.717) is 28.8 Å². The molecule has 0 bridgehead atoms. The standard InChI is InChI=1S/C34H37ClFN5O3/c35-25-8-7-24(28(36)18-25)22-44-33-5-3-4-29(38-33)23-11-15-39(16-12-23)21-32-37-30-19-26(40-14-2-1-6-34(40)42)9-10-31(30)41(32)20-27-13-17-43-27/h3-5,7-10,18-19,23,27H,1-2,6,11-17,20-22H2. The molecule has 3 saturated heterocycles. The van der Waals surface area contributed by atoms with Crippen molar-refractivity contribution in [2.24, 2.45) is 0 Å². The fourth-order valence-electron chi connectivity index (χ4n) is 6.49. The number of piperidine rings is 2. The molecule has 1 atom stereocenters. The highest BCUT2D eigenvalue weighted by molar-refractivity contribution is 6.30. The summed E-state index contributed by atoms with van der Waals surface area (Å²) in [6.07, 6.45) is 5.87. The van der Waals surface area contributed by atoms with Crippen LogP contribution in [0.2, 0.25) is 5.02 Å². The third kappa shape index (κ3) is 6.32. The molecule has 1 unspecified atom stereocenters. The van der Waals surface area contributed by atoms with Gasteiger partial charge in [0.25, 0.3) is 0 Å². The molecular formula is C34H37ClFN5O3. The van der Waals surface area contributed by atoms with Gasteiger partial charge in [-0.1, -0.05) is 23.7 Å². The van der Waals surface area contributed by atoms with Gasteiger partial charge in [-0.3, -0.25) is 9.69 Å². The van der Waals surface area contributed by atoms with Crippen LogP contribution in [0, 0.1) is 5.82 Å². The number of pyridine rings is 1. The summed E-state index contributed by atoms with van der Waals surface area (Å²) in [5, 5.41) is 0.363. The first kappa shape index (κ1) is 29.2. The molecule has 3 fully saturated rings. The number of carbonyl (C=O) groups excluding carboxylic acids is 1. The maximum atomic E-state index is 14.2. The number of aromatic nitrogens is 3. The lowest BCUT2D eigenvalue weighted by atomic mass is 9.93. The van der Waals surface area contributed by atoms with Crippen molar-refractivity contribution in [1.82, 2.24) is 19.4 Å². The van der Waals surface area contributed by atoms with Crippen molar-refractivity contribution in [3.05, 3.63) is 82.5 Å². The van der Waals surface area contributed by atoms with Crippen molar-refractivity contribution in [3.8, 4) is 5.88 Å². The summed E-state index contributed by atoms with van der Waals surface area (Å²) in [6.45, 7) is 5.11. The van der Waals surface area contributed by atoms with Crippen LogP contribution in [0.3, 0.4) is 0 Å². The van der Waals surface area contributed by atoms with Crippen molar-refractivity contribution >= 4 is 34.2 Å². The van der Waals surface area contributed by atoms with E-state index in [4.69, 9.17) is 31.0 Å². The van der Waals surface area contributed by atoms with Crippen LogP contribution >= 0.6 is 11.6 Å². The number of carbonyl (C=O) groups is 1. The molecule has 3 aliphatic rings. The highest BCUT2D eigenvalue weighted by Gasteiger charge is 2.27. The van der Waals surface area contributed by atoms with Crippen molar-refractivity contribution in [3.63, 3.8) is 0 Å². The van der Waals surface area contributed by atoms with Crippen LogP contribution in [0.4, 0.5) is 10.1 Å². The number of imidazole rings is 1. The van der Waals surface area contributed by atoms with Crippen molar-refractivity contribution in [2.45, 2.75) is 70.2 Å². The minimum absolute atomic E-state index is 0.0978. The summed E-state index contributed by atoms with van der Waals surface area (Å²) in [5.74, 6) is 1.68. The molecule has 4 aromatic rings. The van der Waals surface area contributed by atoms with Crippen LogP contribution in [-0.2, 0) is 29.2 Å². The van der Waals surface area contributed by atoms with E-state index in [0.717, 1.165) is 99.7 Å². The van der Waals surface area contributed by atoms with Gasteiger partial charge >= 0.3 is 0 Å². The fraction of sp³-hybridized carbons (Fsp3) is 0.441. The molecule has 3 aliphatic heterocycles. The number of halogens is 2. The minimum Gasteiger partial charge on any atom is -0.473 e. The number of nitrogens with zero attached hydrogens (tertiary/aromatic N) is 5. The van der Waals surface area contributed by atoms with Crippen LogP contribution in [0.15, 0.2) is 54.6 Å². The highest BCUT2D eigenvalue weighted by Crippen LogP contribution is 2.31. The smallest absolute Gasteiger partial charge is 0.226 e. The van der Waals surface area contributed by atoms with E-state index in [1.54, 1.807) is 12.1 Å². The Morgan fingerprint density at radius 1 is 1.00 bits per heavy atom. The average molecular weight is 618 g/mol. The zero-order valence-electron chi connectivity index (χ0n) is 24.8. The maximum Gasteiger partial charge on any atom is 0.226 e. The Morgan fingerprint density at radius 3 is 2.64 bits per heavy atom. The molecule has 0 saturated carbocycles. The van der Waals surface area contributed by atoms with Gasteiger partial charge in [-0.05, 0) is 81.6 Å². The maximum absolute atomic E-state index is 14.2. The molecule has 8 nitrogen and oxygen atoms in total. The number of hydrogen-bond acceptors (Lipinski definition) is 6. The molecule has 2 aromatic heterocycles. The first-order chi connectivity index (χ1) is 21.5. The van der Waals surface area contributed by atoms with Crippen molar-refractivity contribution in [1.29, 1.82) is 0 Å². The molecule has 0 radical (unpaired) electrons. The van der Waals surface area contributed by atoms with E-state index < -0.39 is 0 Å². The first-order valence-corrected chi connectivity index (χ1v) is 16.0. The van der Waals surface area contributed by atoms with Gasteiger partial charge in [-0.15, -0.1) is 0 Å². The Morgan fingerprint density at radius 2 is 1.86 bits per heavy atom. The largest absolute Gasteiger partial charge is 0.473 e. The van der Waals surface area contributed by atoms with E-state index in [9.17, 15) is 9.18 Å². The van der Waals surface area contributed by atoms with Gasteiger partial charge in [0, 0.05) is 53.5 Å². The lowest BCUT2D eigenvalue weighted by Crippen LogP contribution is -2.35. The first-order valence-electron chi connectivity index (χ1n) is 15.7. The molecule has 7 rings (SSSR count). The lowest BCUT2D eigenvalue weighted by Gasteiger charge is -2.32. The van der Waals surface area contributed by atoms with E-state index in [-0.39, 0.29) is 24.4 Å². The highest BCUT2D eigenvalue weighted by atomic mass is 35.5. The number of benzene rings is 2. The van der Waals surface area contributed by atoms with E-state index >= 15 is 0 Å². The lowest BCUT2D eigenvalue weighted by molar-refractivity contribution is -0.119. The van der Waals surface area contributed by atoms with Crippen LogP contribution in [0.5, 0.6) is 5.88 Å². The van der Waals surface area contributed by atoms with Gasteiger partial charge in [-0.2, -0.15) is 0 Å². The second-order valence-electron chi connectivity index (χ2n) is 12.1. The third-order valence-corrected chi connectivity index (χ3v) is 9.37. The monoisotopic (exact) mass is 617 g/mol. The van der Waals surface area contributed by atoms with Gasteiger partial charge in [0.05, 0.1) is 30.2 Å². The number of fused-ring (bicyclic) bond motifs is 1. The number of rotatable bonds is 9. The molecule has 10 heteroatoms. The summed E-state index contributed by atoms with van der Waals surface area (Å²) in [7, 11) is 0. The topological polar surface area (TPSA) is 72.7 Å². The summed E-state index contributed by atoms with van der Waals surface area (Å²) in [4.78, 5) is 26.8. The molecule has 230 valence electrons. The zero-order chi connectivity index (χ0) is 30.0. The molecule has 5 heterocycles. The van der Waals surface area contributed by atoms with Crippen LogP contribution in [0.1, 0.15) is 61.5 Å². The molecule has 44 heavy (non-hydrogen) atoms. The Kier molecular flexibility index (Phi) is 8.51. The molecule has 0 N–H and O–H groups in total. The average Bonchev–Trinajstić information content (AvgIpc) is 3.35. The Balaban J connectivity index is 1.02. The predicted octanol–water partition coefficient (Wildman–Crippen LogP) is 6.49. The second kappa shape index (κ2) is 12.8. The quantitative estimate of drug-likeness (QED) is 0.214. The predicted molar refractivity (Wildman–Crippen MR) is 168 cm³/mol. The SMILES string of the molecule is O=C1CCCCN1c1ccc2c(c1)nc(CN1CCC(c3cccc(OCc4ccc(Cl)cc4F)n3)CC1)n2CC1CCO1. The van der Waals surface area contributed by atoms with Crippen LogP contribution in [0.25, 0.3) is 11.0 Å². The van der Waals surface area contributed by atoms with E-state index in [1.165, 1.54) is 6.07 Å². The van der Waals surface area contributed by atoms with Crippen LogP contribution in [-0.4, -0.2) is 57.7 Å². The van der Waals surface area contributed by atoms with E-state index in [2.05, 4.69) is 33.7 Å². The molecule has 1 amide bonds. The Hall–Kier alpha value is -3.53. The second-order valence-corrected chi connectivity index (χ2v) is 12.5. The number of amides is 1. The Labute approximate surface area is 261 Å². The Bertz CT molecular complexity index is 1650. The normalized spacial score (nSPS) is 19.8. The third-order valence-electron chi connectivity index (χ3n) is 9.13. The van der Waals surface area contributed by atoms with Gasteiger partial charge in [0.1, 0.15) is 18.2 Å². The summed E-state index contributed by atoms with van der Waals surface area (Å²) >= 11 is 5.87. The molecule has 0 aliphatic carbocycles. The summed E-state index contributed by atoms with van der Waals surface area (Å²) in [6, 6.07) is 16.7. The van der Waals surface area contributed by atoms with Crippen molar-refractivity contribution < 1.29 is 18.7 Å². The number of hydrogen-bond donors (Lipinski definition) is 0. The fourth-order valence-corrected chi connectivity index (χ4v) is 6.65. The summed E-state index contributed by atoms with van der Waals surface area (Å²) in [5.41, 5.74) is 4.42. The number of anilines is 1. The summed E-state index contributed by atoms with van der Waals surface area (Å²) < 4.78 is 28.1. The minimum atomic E-state index is -0.382. The van der Waals surface area contributed by atoms with Gasteiger partial charge < -0.3 is 18.9 Å². The van der Waals surface area contributed by atoms with Gasteiger partial charge in [0.15, 0.2) is 0 Å². The number of likely N-dealkylation sites (tertiary alicyclic amines) is 1. The molecule has 2 aromatic carbocycles.